The van der Waals surface area contributed by atoms with Crippen molar-refractivity contribution in [1.29, 1.82) is 0 Å². The van der Waals surface area contributed by atoms with Crippen LogP contribution in [-0.2, 0) is 16.1 Å². The van der Waals surface area contributed by atoms with Crippen molar-refractivity contribution in [2.75, 3.05) is 17.2 Å². The number of carbonyl (C=O) groups excluding carboxylic acids is 2. The first-order valence-electron chi connectivity index (χ1n) is 8.03. The van der Waals surface area contributed by atoms with Crippen LogP contribution in [0.5, 0.6) is 0 Å². The number of amides is 2. The molecule has 2 amide bonds. The van der Waals surface area contributed by atoms with Crippen molar-refractivity contribution in [2.24, 2.45) is 0 Å². The number of rotatable bonds is 5. The smallest absolute Gasteiger partial charge is 0.227 e. The molecule has 0 saturated heterocycles. The highest BCUT2D eigenvalue weighted by molar-refractivity contribution is 7.99. The standard InChI is InChI=1S/C18H18ClN3O2S/c19-14-5-2-1-4-13(14)12-21-16(23)7-8-17(24)22-10-11-25-18-15(22)6-3-9-20-18/h1-6,9H,7-8,10-12H2,(H,21,23). The highest BCUT2D eigenvalue weighted by Crippen LogP contribution is 2.32. The van der Waals surface area contributed by atoms with Crippen LogP contribution in [-0.4, -0.2) is 29.1 Å². The van der Waals surface area contributed by atoms with E-state index in [0.717, 1.165) is 22.0 Å². The van der Waals surface area contributed by atoms with Crippen molar-refractivity contribution >= 4 is 40.9 Å². The number of nitrogens with zero attached hydrogens (tertiary/aromatic N) is 2. The quantitative estimate of drug-likeness (QED) is 0.871. The highest BCUT2D eigenvalue weighted by atomic mass is 35.5. The molecule has 0 bridgehead atoms. The van der Waals surface area contributed by atoms with Crippen molar-refractivity contribution in [3.63, 3.8) is 0 Å². The zero-order valence-electron chi connectivity index (χ0n) is 13.6. The Labute approximate surface area is 155 Å². The van der Waals surface area contributed by atoms with E-state index < -0.39 is 0 Å². The van der Waals surface area contributed by atoms with Crippen LogP contribution in [0.15, 0.2) is 47.6 Å². The molecule has 0 atom stereocenters. The zero-order valence-corrected chi connectivity index (χ0v) is 15.1. The van der Waals surface area contributed by atoms with Crippen LogP contribution in [0.3, 0.4) is 0 Å². The second-order valence-corrected chi connectivity index (χ2v) is 7.08. The van der Waals surface area contributed by atoms with E-state index in [2.05, 4.69) is 10.3 Å². The average Bonchev–Trinajstić information content (AvgIpc) is 2.65. The minimum absolute atomic E-state index is 0.0533. The SMILES string of the molecule is O=C(CCC(=O)N1CCSc2ncccc21)NCc1ccccc1Cl. The number of benzene rings is 1. The molecule has 2 aromatic rings. The van der Waals surface area contributed by atoms with Gasteiger partial charge in [-0.3, -0.25) is 9.59 Å². The van der Waals surface area contributed by atoms with Crippen molar-refractivity contribution in [1.82, 2.24) is 10.3 Å². The van der Waals surface area contributed by atoms with Crippen LogP contribution >= 0.6 is 23.4 Å². The van der Waals surface area contributed by atoms with Gasteiger partial charge in [0, 0.05) is 42.9 Å². The lowest BCUT2D eigenvalue weighted by Crippen LogP contribution is -2.36. The van der Waals surface area contributed by atoms with Crippen LogP contribution in [0.25, 0.3) is 0 Å². The van der Waals surface area contributed by atoms with E-state index in [0.29, 0.717) is 18.1 Å². The number of anilines is 1. The van der Waals surface area contributed by atoms with Gasteiger partial charge >= 0.3 is 0 Å². The fourth-order valence-corrected chi connectivity index (χ4v) is 3.72. The topological polar surface area (TPSA) is 62.3 Å². The molecular formula is C18H18ClN3O2S. The second-order valence-electron chi connectivity index (χ2n) is 5.59. The Morgan fingerprint density at radius 1 is 1.20 bits per heavy atom. The predicted molar refractivity (Wildman–Crippen MR) is 99.8 cm³/mol. The molecule has 0 saturated carbocycles. The first-order valence-corrected chi connectivity index (χ1v) is 9.40. The summed E-state index contributed by atoms with van der Waals surface area (Å²) in [4.78, 5) is 30.5. The summed E-state index contributed by atoms with van der Waals surface area (Å²) in [5.74, 6) is 0.600. The van der Waals surface area contributed by atoms with Crippen molar-refractivity contribution < 1.29 is 9.59 Å². The third-order valence-electron chi connectivity index (χ3n) is 3.90. The number of fused-ring (bicyclic) bond motifs is 1. The molecule has 2 heterocycles. The summed E-state index contributed by atoms with van der Waals surface area (Å²) in [7, 11) is 0. The molecule has 3 rings (SSSR count). The highest BCUT2D eigenvalue weighted by Gasteiger charge is 2.23. The number of thioether (sulfide) groups is 1. The number of carbonyl (C=O) groups is 2. The van der Waals surface area contributed by atoms with Gasteiger partial charge in [-0.25, -0.2) is 4.98 Å². The normalized spacial score (nSPS) is 13.2. The molecule has 1 aliphatic heterocycles. The Hall–Kier alpha value is -2.05. The Morgan fingerprint density at radius 3 is 2.88 bits per heavy atom. The first-order chi connectivity index (χ1) is 12.1. The first kappa shape index (κ1) is 17.8. The molecule has 1 N–H and O–H groups in total. The average molecular weight is 376 g/mol. The summed E-state index contributed by atoms with van der Waals surface area (Å²) in [6.45, 7) is 1.00. The molecular weight excluding hydrogens is 358 g/mol. The van der Waals surface area contributed by atoms with Gasteiger partial charge in [0.1, 0.15) is 5.03 Å². The van der Waals surface area contributed by atoms with Crippen LogP contribution in [0.1, 0.15) is 18.4 Å². The molecule has 130 valence electrons. The lowest BCUT2D eigenvalue weighted by Gasteiger charge is -2.28. The van der Waals surface area contributed by atoms with Gasteiger partial charge in [-0.05, 0) is 23.8 Å². The molecule has 1 aromatic heterocycles. The minimum Gasteiger partial charge on any atom is -0.352 e. The maximum absolute atomic E-state index is 12.5. The number of halogens is 1. The molecule has 7 heteroatoms. The van der Waals surface area contributed by atoms with Gasteiger partial charge in [-0.2, -0.15) is 0 Å². The summed E-state index contributed by atoms with van der Waals surface area (Å²) in [5.41, 5.74) is 1.69. The second kappa shape index (κ2) is 8.36. The summed E-state index contributed by atoms with van der Waals surface area (Å²) < 4.78 is 0. The number of pyridine rings is 1. The Kier molecular flexibility index (Phi) is 5.94. The van der Waals surface area contributed by atoms with E-state index in [1.807, 2.05) is 30.3 Å². The third-order valence-corrected chi connectivity index (χ3v) is 5.24. The van der Waals surface area contributed by atoms with Crippen molar-refractivity contribution in [3.05, 3.63) is 53.2 Å². The Bertz CT molecular complexity index is 784. The Morgan fingerprint density at radius 2 is 2.04 bits per heavy atom. The maximum Gasteiger partial charge on any atom is 0.227 e. The van der Waals surface area contributed by atoms with Crippen molar-refractivity contribution in [2.45, 2.75) is 24.4 Å². The number of nitrogens with one attached hydrogen (secondary N) is 1. The molecule has 0 unspecified atom stereocenters. The van der Waals surface area contributed by atoms with Gasteiger partial charge in [0.15, 0.2) is 0 Å². The number of hydrogen-bond acceptors (Lipinski definition) is 4. The van der Waals surface area contributed by atoms with Crippen LogP contribution in [0, 0.1) is 0 Å². The maximum atomic E-state index is 12.5. The fraction of sp³-hybridized carbons (Fsp3) is 0.278. The van der Waals surface area contributed by atoms with E-state index in [1.54, 1.807) is 28.9 Å². The largest absolute Gasteiger partial charge is 0.352 e. The molecule has 25 heavy (non-hydrogen) atoms. The van der Waals surface area contributed by atoms with Crippen LogP contribution in [0.2, 0.25) is 5.02 Å². The summed E-state index contributed by atoms with van der Waals surface area (Å²) in [5, 5.41) is 4.29. The summed E-state index contributed by atoms with van der Waals surface area (Å²) in [6, 6.07) is 11.1. The van der Waals surface area contributed by atoms with Gasteiger partial charge in [-0.15, -0.1) is 11.8 Å². The Balaban J connectivity index is 1.51. The lowest BCUT2D eigenvalue weighted by molar-refractivity contribution is -0.125. The van der Waals surface area contributed by atoms with Gasteiger partial charge in [0.05, 0.1) is 5.69 Å². The number of aromatic nitrogens is 1. The van der Waals surface area contributed by atoms with E-state index in [4.69, 9.17) is 11.6 Å². The fourth-order valence-electron chi connectivity index (χ4n) is 2.59. The van der Waals surface area contributed by atoms with E-state index >= 15 is 0 Å². The molecule has 1 aromatic carbocycles. The summed E-state index contributed by atoms with van der Waals surface area (Å²) in [6.07, 6.45) is 2.05. The number of hydrogen-bond donors (Lipinski definition) is 1. The third kappa shape index (κ3) is 4.52. The molecule has 5 nitrogen and oxygen atoms in total. The van der Waals surface area contributed by atoms with E-state index in [-0.39, 0.29) is 24.7 Å². The minimum atomic E-state index is -0.161. The van der Waals surface area contributed by atoms with Crippen LogP contribution < -0.4 is 10.2 Å². The van der Waals surface area contributed by atoms with Crippen molar-refractivity contribution in [3.8, 4) is 0 Å². The van der Waals surface area contributed by atoms with Gasteiger partial charge < -0.3 is 10.2 Å². The van der Waals surface area contributed by atoms with Gasteiger partial charge in [-0.1, -0.05) is 29.8 Å². The lowest BCUT2D eigenvalue weighted by atomic mass is 10.2. The van der Waals surface area contributed by atoms with E-state index in [1.165, 1.54) is 0 Å². The molecule has 0 radical (unpaired) electrons. The molecule has 0 spiro atoms. The van der Waals surface area contributed by atoms with Crippen LogP contribution in [0.4, 0.5) is 5.69 Å². The predicted octanol–water partition coefficient (Wildman–Crippen LogP) is 3.27. The van der Waals surface area contributed by atoms with Gasteiger partial charge in [0.25, 0.3) is 0 Å². The zero-order chi connectivity index (χ0) is 17.6. The van der Waals surface area contributed by atoms with Gasteiger partial charge in [0.2, 0.25) is 11.8 Å². The molecule has 0 fully saturated rings. The molecule has 1 aliphatic rings. The molecule has 0 aliphatic carbocycles. The van der Waals surface area contributed by atoms with E-state index in [9.17, 15) is 9.59 Å². The summed E-state index contributed by atoms with van der Waals surface area (Å²) >= 11 is 7.71. The monoisotopic (exact) mass is 375 g/mol.